The Bertz CT molecular complexity index is 833. The minimum Gasteiger partial charge on any atom is -0.492 e. The number of amidine groups is 1. The number of rotatable bonds is 4. The topological polar surface area (TPSA) is 50.7 Å². The zero-order chi connectivity index (χ0) is 16.9. The van der Waals surface area contributed by atoms with E-state index in [4.69, 9.17) is 16.3 Å². The van der Waals surface area contributed by atoms with Crippen molar-refractivity contribution in [3.63, 3.8) is 0 Å². The molecule has 0 aliphatic carbocycles. The largest absolute Gasteiger partial charge is 0.492 e. The number of halogens is 1. The molecule has 1 saturated heterocycles. The fourth-order valence-electron chi connectivity index (χ4n) is 2.15. The van der Waals surface area contributed by atoms with Crippen molar-refractivity contribution in [2.75, 3.05) is 6.61 Å². The molecule has 1 aliphatic heterocycles. The summed E-state index contributed by atoms with van der Waals surface area (Å²) in [5.74, 6) is 0.499. The van der Waals surface area contributed by atoms with Crippen molar-refractivity contribution in [2.45, 2.75) is 6.92 Å². The van der Waals surface area contributed by atoms with E-state index in [0.29, 0.717) is 33.1 Å². The summed E-state index contributed by atoms with van der Waals surface area (Å²) in [5.41, 5.74) is 1.48. The van der Waals surface area contributed by atoms with Crippen molar-refractivity contribution in [3.8, 4) is 5.75 Å². The highest BCUT2D eigenvalue weighted by atomic mass is 35.5. The monoisotopic (exact) mass is 358 g/mol. The van der Waals surface area contributed by atoms with E-state index in [0.717, 1.165) is 5.56 Å². The molecule has 1 amide bonds. The fraction of sp³-hybridized carbons (Fsp3) is 0.111. The summed E-state index contributed by atoms with van der Waals surface area (Å²) >= 11 is 7.42. The number of hydrogen-bond donors (Lipinski definition) is 1. The second-order valence-electron chi connectivity index (χ2n) is 4.90. The molecule has 0 bridgehead atoms. The van der Waals surface area contributed by atoms with Gasteiger partial charge in [-0.3, -0.25) is 4.79 Å². The van der Waals surface area contributed by atoms with Gasteiger partial charge in [0.05, 0.1) is 11.5 Å². The van der Waals surface area contributed by atoms with Crippen molar-refractivity contribution in [2.24, 2.45) is 4.99 Å². The first-order valence-electron chi connectivity index (χ1n) is 7.43. The molecule has 122 valence electrons. The normalized spacial score (nSPS) is 17.3. The van der Waals surface area contributed by atoms with Crippen LogP contribution >= 0.6 is 23.4 Å². The van der Waals surface area contributed by atoms with Crippen LogP contribution in [0.4, 0.5) is 5.69 Å². The van der Waals surface area contributed by atoms with Gasteiger partial charge < -0.3 is 10.1 Å². The number of amides is 1. The molecule has 1 fully saturated rings. The first-order valence-corrected chi connectivity index (χ1v) is 8.62. The van der Waals surface area contributed by atoms with Gasteiger partial charge in [-0.25, -0.2) is 4.99 Å². The maximum Gasteiger partial charge on any atom is 0.264 e. The predicted octanol–water partition coefficient (Wildman–Crippen LogP) is 4.63. The summed E-state index contributed by atoms with van der Waals surface area (Å²) in [6.45, 7) is 2.47. The number of para-hydroxylation sites is 2. The lowest BCUT2D eigenvalue weighted by molar-refractivity contribution is -0.115. The van der Waals surface area contributed by atoms with Crippen LogP contribution in [0, 0.1) is 0 Å². The highest BCUT2D eigenvalue weighted by Gasteiger charge is 2.24. The van der Waals surface area contributed by atoms with Crippen molar-refractivity contribution in [1.29, 1.82) is 0 Å². The van der Waals surface area contributed by atoms with Gasteiger partial charge in [-0.2, -0.15) is 0 Å². The van der Waals surface area contributed by atoms with Gasteiger partial charge in [0.25, 0.3) is 5.91 Å². The molecule has 6 heteroatoms. The highest BCUT2D eigenvalue weighted by Crippen LogP contribution is 2.32. The summed E-state index contributed by atoms with van der Waals surface area (Å²) in [6.07, 6.45) is 1.76. The van der Waals surface area contributed by atoms with Crippen LogP contribution < -0.4 is 10.1 Å². The van der Waals surface area contributed by atoms with Crippen molar-refractivity contribution in [3.05, 3.63) is 64.0 Å². The number of nitrogens with zero attached hydrogens (tertiary/aromatic N) is 1. The molecule has 4 nitrogen and oxygen atoms in total. The van der Waals surface area contributed by atoms with Crippen LogP contribution in [-0.4, -0.2) is 17.7 Å². The number of nitrogens with one attached hydrogen (secondary N) is 1. The molecule has 0 spiro atoms. The van der Waals surface area contributed by atoms with Gasteiger partial charge in [-0.15, -0.1) is 0 Å². The van der Waals surface area contributed by atoms with Crippen LogP contribution in [0.2, 0.25) is 5.02 Å². The smallest absolute Gasteiger partial charge is 0.264 e. The van der Waals surface area contributed by atoms with Crippen molar-refractivity contribution < 1.29 is 9.53 Å². The lowest BCUT2D eigenvalue weighted by Crippen LogP contribution is -2.19. The van der Waals surface area contributed by atoms with Gasteiger partial charge in [0.1, 0.15) is 11.4 Å². The molecule has 1 N–H and O–H groups in total. The van der Waals surface area contributed by atoms with Crippen molar-refractivity contribution in [1.82, 2.24) is 5.32 Å². The molecule has 0 atom stereocenters. The highest BCUT2D eigenvalue weighted by molar-refractivity contribution is 8.18. The Morgan fingerprint density at radius 1 is 1.21 bits per heavy atom. The van der Waals surface area contributed by atoms with E-state index >= 15 is 0 Å². The third-order valence-corrected chi connectivity index (χ3v) is 4.48. The first-order chi connectivity index (χ1) is 11.7. The molecular weight excluding hydrogens is 344 g/mol. The van der Waals surface area contributed by atoms with Crippen LogP contribution in [0.15, 0.2) is 58.4 Å². The molecule has 1 heterocycles. The van der Waals surface area contributed by atoms with E-state index in [1.54, 1.807) is 12.1 Å². The minimum absolute atomic E-state index is 0.187. The Morgan fingerprint density at radius 2 is 1.96 bits per heavy atom. The average Bonchev–Trinajstić information content (AvgIpc) is 2.91. The molecule has 0 saturated carbocycles. The number of aliphatic imine (C=N–C) groups is 1. The summed E-state index contributed by atoms with van der Waals surface area (Å²) in [7, 11) is 0. The molecule has 2 aromatic rings. The van der Waals surface area contributed by atoms with E-state index < -0.39 is 0 Å². The van der Waals surface area contributed by atoms with E-state index in [-0.39, 0.29) is 5.91 Å². The number of hydrogen-bond acceptors (Lipinski definition) is 4. The van der Waals surface area contributed by atoms with Crippen LogP contribution in [0.25, 0.3) is 6.08 Å². The molecule has 0 unspecified atom stereocenters. The number of thioether (sulfide) groups is 1. The molecule has 0 radical (unpaired) electrons. The van der Waals surface area contributed by atoms with Crippen LogP contribution in [0.3, 0.4) is 0 Å². The zero-order valence-electron chi connectivity index (χ0n) is 13.0. The molecule has 2 aromatic carbocycles. The molecule has 3 rings (SSSR count). The standard InChI is InChI=1S/C18H15ClN2O2S/c1-2-23-15-10-6-5-9-14(15)20-18-21-17(22)16(24-18)11-12-7-3-4-8-13(12)19/h3-11H,2H2,1H3,(H,20,21,22). The van der Waals surface area contributed by atoms with Crippen LogP contribution in [0.5, 0.6) is 5.75 Å². The quantitative estimate of drug-likeness (QED) is 0.810. The van der Waals surface area contributed by atoms with E-state index in [1.807, 2.05) is 49.4 Å². The number of ether oxygens (including phenoxy) is 1. The van der Waals surface area contributed by atoms with Gasteiger partial charge in [0.2, 0.25) is 0 Å². The third-order valence-electron chi connectivity index (χ3n) is 3.23. The number of benzene rings is 2. The SMILES string of the molecule is CCOc1ccccc1N=C1NC(=O)C(=Cc2ccccc2Cl)S1. The van der Waals surface area contributed by atoms with Crippen LogP contribution in [0.1, 0.15) is 12.5 Å². The fourth-order valence-corrected chi connectivity index (χ4v) is 3.17. The summed E-state index contributed by atoms with van der Waals surface area (Å²) in [5, 5.41) is 3.89. The Kier molecular flexibility index (Phi) is 5.23. The molecule has 1 aliphatic rings. The van der Waals surface area contributed by atoms with E-state index in [1.165, 1.54) is 11.8 Å². The van der Waals surface area contributed by atoms with E-state index in [2.05, 4.69) is 10.3 Å². The third kappa shape index (κ3) is 3.80. The minimum atomic E-state index is -0.187. The van der Waals surface area contributed by atoms with Gasteiger partial charge in [-0.05, 0) is 48.5 Å². The van der Waals surface area contributed by atoms with Gasteiger partial charge in [0.15, 0.2) is 5.17 Å². The average molecular weight is 359 g/mol. The lowest BCUT2D eigenvalue weighted by Gasteiger charge is -2.06. The number of carbonyl (C=O) groups excluding carboxylic acids is 1. The molecule has 24 heavy (non-hydrogen) atoms. The van der Waals surface area contributed by atoms with Gasteiger partial charge >= 0.3 is 0 Å². The zero-order valence-corrected chi connectivity index (χ0v) is 14.5. The second-order valence-corrected chi connectivity index (χ2v) is 6.34. The predicted molar refractivity (Wildman–Crippen MR) is 99.9 cm³/mol. The maximum atomic E-state index is 12.1. The first kappa shape index (κ1) is 16.6. The van der Waals surface area contributed by atoms with Crippen molar-refractivity contribution >= 4 is 46.2 Å². The number of carbonyl (C=O) groups is 1. The summed E-state index contributed by atoms with van der Waals surface area (Å²) in [6, 6.07) is 14.8. The maximum absolute atomic E-state index is 12.1. The Balaban J connectivity index is 1.86. The second kappa shape index (κ2) is 7.55. The van der Waals surface area contributed by atoms with Gasteiger partial charge in [0, 0.05) is 5.02 Å². The Morgan fingerprint density at radius 3 is 2.75 bits per heavy atom. The van der Waals surface area contributed by atoms with Gasteiger partial charge in [-0.1, -0.05) is 41.9 Å². The molecule has 0 aromatic heterocycles. The van der Waals surface area contributed by atoms with Crippen LogP contribution in [-0.2, 0) is 4.79 Å². The lowest BCUT2D eigenvalue weighted by atomic mass is 10.2. The molecular formula is C18H15ClN2O2S. The summed E-state index contributed by atoms with van der Waals surface area (Å²) < 4.78 is 5.55. The Hall–Kier alpha value is -2.24. The van der Waals surface area contributed by atoms with E-state index in [9.17, 15) is 4.79 Å². The summed E-state index contributed by atoms with van der Waals surface area (Å²) in [4.78, 5) is 17.2. The Labute approximate surface area is 149 Å².